The molecule has 0 aromatic rings. The Labute approximate surface area is 131 Å². The summed E-state index contributed by atoms with van der Waals surface area (Å²) in [7, 11) is 0. The molecule has 2 aliphatic rings. The Kier molecular flexibility index (Phi) is 7.06. The standard InChI is InChI=1S/C19H34O2/c1-3-5-6-15-7-9-16(10-8-15)17-11-13-18(14-12-17)19(20)21-4-2/h15-18H,3-14H2,1-2H3. The van der Waals surface area contributed by atoms with Gasteiger partial charge in [0.2, 0.25) is 0 Å². The van der Waals surface area contributed by atoms with E-state index in [0.717, 1.165) is 30.6 Å². The first kappa shape index (κ1) is 16.8. The summed E-state index contributed by atoms with van der Waals surface area (Å²) in [5.41, 5.74) is 0. The second kappa shape index (κ2) is 8.80. The lowest BCUT2D eigenvalue weighted by Gasteiger charge is -2.37. The van der Waals surface area contributed by atoms with Crippen molar-refractivity contribution in [3.63, 3.8) is 0 Å². The molecular formula is C19H34O2. The lowest BCUT2D eigenvalue weighted by atomic mass is 9.68. The van der Waals surface area contributed by atoms with Gasteiger partial charge in [-0.2, -0.15) is 0 Å². The number of rotatable bonds is 6. The van der Waals surface area contributed by atoms with E-state index < -0.39 is 0 Å². The Morgan fingerprint density at radius 3 is 2.00 bits per heavy atom. The number of carbonyl (C=O) groups excluding carboxylic acids is 1. The third-order valence-electron chi connectivity index (χ3n) is 5.92. The van der Waals surface area contributed by atoms with Gasteiger partial charge in [0.15, 0.2) is 0 Å². The third kappa shape index (κ3) is 5.00. The summed E-state index contributed by atoms with van der Waals surface area (Å²) in [4.78, 5) is 11.8. The van der Waals surface area contributed by atoms with E-state index in [1.54, 1.807) is 0 Å². The van der Waals surface area contributed by atoms with E-state index in [1.165, 1.54) is 57.8 Å². The summed E-state index contributed by atoms with van der Waals surface area (Å²) >= 11 is 0. The molecule has 2 saturated carbocycles. The van der Waals surface area contributed by atoms with Gasteiger partial charge in [-0.1, -0.05) is 39.0 Å². The maximum atomic E-state index is 11.8. The first-order valence-corrected chi connectivity index (χ1v) is 9.41. The molecule has 0 aliphatic heterocycles. The number of carbonyl (C=O) groups is 1. The minimum absolute atomic E-state index is 0.0548. The van der Waals surface area contributed by atoms with Crippen LogP contribution in [0.5, 0.6) is 0 Å². The molecule has 2 nitrogen and oxygen atoms in total. The number of esters is 1. The molecule has 0 aromatic heterocycles. The van der Waals surface area contributed by atoms with Crippen molar-refractivity contribution in [2.75, 3.05) is 6.61 Å². The van der Waals surface area contributed by atoms with Crippen LogP contribution in [0, 0.1) is 23.7 Å². The first-order valence-electron chi connectivity index (χ1n) is 9.41. The summed E-state index contributed by atoms with van der Waals surface area (Å²) in [5, 5.41) is 0. The zero-order chi connectivity index (χ0) is 15.1. The van der Waals surface area contributed by atoms with E-state index in [2.05, 4.69) is 6.92 Å². The molecule has 0 saturated heterocycles. The Hall–Kier alpha value is -0.530. The quantitative estimate of drug-likeness (QED) is 0.617. The number of unbranched alkanes of at least 4 members (excludes halogenated alkanes) is 1. The lowest BCUT2D eigenvalue weighted by molar-refractivity contribution is -0.149. The maximum absolute atomic E-state index is 11.8. The molecule has 21 heavy (non-hydrogen) atoms. The SMILES string of the molecule is CCCCC1CCC(C2CCC(C(=O)OCC)CC2)CC1. The van der Waals surface area contributed by atoms with Crippen molar-refractivity contribution in [2.24, 2.45) is 23.7 Å². The molecule has 0 atom stereocenters. The Morgan fingerprint density at radius 2 is 1.48 bits per heavy atom. The molecule has 0 amide bonds. The average Bonchev–Trinajstić information content (AvgIpc) is 2.54. The molecule has 122 valence electrons. The van der Waals surface area contributed by atoms with E-state index >= 15 is 0 Å². The normalized spacial score (nSPS) is 33.6. The fourth-order valence-electron chi connectivity index (χ4n) is 4.53. The molecule has 0 radical (unpaired) electrons. The van der Waals surface area contributed by atoms with Gasteiger partial charge in [-0.25, -0.2) is 0 Å². The van der Waals surface area contributed by atoms with Crippen LogP contribution in [-0.4, -0.2) is 12.6 Å². The van der Waals surface area contributed by atoms with Crippen LogP contribution in [0.3, 0.4) is 0 Å². The van der Waals surface area contributed by atoms with Crippen molar-refractivity contribution in [3.05, 3.63) is 0 Å². The zero-order valence-corrected chi connectivity index (χ0v) is 14.1. The first-order chi connectivity index (χ1) is 10.2. The highest BCUT2D eigenvalue weighted by atomic mass is 16.5. The van der Waals surface area contributed by atoms with Gasteiger partial charge >= 0.3 is 5.97 Å². The lowest BCUT2D eigenvalue weighted by Crippen LogP contribution is -2.29. The van der Waals surface area contributed by atoms with E-state index in [1.807, 2.05) is 6.92 Å². The van der Waals surface area contributed by atoms with Crippen LogP contribution in [0.2, 0.25) is 0 Å². The predicted octanol–water partition coefficient (Wildman–Crippen LogP) is 5.35. The second-order valence-electron chi connectivity index (χ2n) is 7.29. The second-order valence-corrected chi connectivity index (χ2v) is 7.29. The molecule has 2 rings (SSSR count). The maximum Gasteiger partial charge on any atom is 0.308 e. The summed E-state index contributed by atoms with van der Waals surface area (Å²) in [6, 6.07) is 0. The van der Waals surface area contributed by atoms with Crippen LogP contribution in [0.15, 0.2) is 0 Å². The largest absolute Gasteiger partial charge is 0.466 e. The van der Waals surface area contributed by atoms with Crippen LogP contribution < -0.4 is 0 Å². The van der Waals surface area contributed by atoms with Crippen molar-refractivity contribution >= 4 is 5.97 Å². The highest BCUT2D eigenvalue weighted by Crippen LogP contribution is 2.42. The monoisotopic (exact) mass is 294 g/mol. The molecule has 0 bridgehead atoms. The Morgan fingerprint density at radius 1 is 0.905 bits per heavy atom. The van der Waals surface area contributed by atoms with Crippen molar-refractivity contribution in [1.29, 1.82) is 0 Å². The highest BCUT2D eigenvalue weighted by molar-refractivity contribution is 5.72. The van der Waals surface area contributed by atoms with Gasteiger partial charge in [-0.15, -0.1) is 0 Å². The van der Waals surface area contributed by atoms with Gasteiger partial charge in [0.25, 0.3) is 0 Å². The van der Waals surface area contributed by atoms with E-state index in [4.69, 9.17) is 4.74 Å². The van der Waals surface area contributed by atoms with Gasteiger partial charge in [0.1, 0.15) is 0 Å². The number of ether oxygens (including phenoxy) is 1. The minimum Gasteiger partial charge on any atom is -0.466 e. The van der Waals surface area contributed by atoms with Crippen molar-refractivity contribution in [2.45, 2.75) is 84.5 Å². The molecule has 2 heteroatoms. The summed E-state index contributed by atoms with van der Waals surface area (Å²) < 4.78 is 5.17. The van der Waals surface area contributed by atoms with Crippen LogP contribution in [0.25, 0.3) is 0 Å². The molecule has 0 aromatic carbocycles. The molecule has 0 heterocycles. The summed E-state index contributed by atoms with van der Waals surface area (Å²) in [5.74, 6) is 3.10. The Balaban J connectivity index is 1.68. The zero-order valence-electron chi connectivity index (χ0n) is 14.1. The van der Waals surface area contributed by atoms with E-state index in [-0.39, 0.29) is 11.9 Å². The van der Waals surface area contributed by atoms with Gasteiger partial charge < -0.3 is 4.74 Å². The summed E-state index contributed by atoms with van der Waals surface area (Å²) in [6.45, 7) is 4.73. The molecule has 2 fully saturated rings. The van der Waals surface area contributed by atoms with E-state index in [9.17, 15) is 4.79 Å². The van der Waals surface area contributed by atoms with Crippen molar-refractivity contribution in [1.82, 2.24) is 0 Å². The predicted molar refractivity (Wildman–Crippen MR) is 87.1 cm³/mol. The highest BCUT2D eigenvalue weighted by Gasteiger charge is 2.33. The molecule has 0 spiro atoms. The third-order valence-corrected chi connectivity index (χ3v) is 5.92. The van der Waals surface area contributed by atoms with Gasteiger partial charge in [-0.3, -0.25) is 4.79 Å². The topological polar surface area (TPSA) is 26.3 Å². The molecule has 0 unspecified atom stereocenters. The van der Waals surface area contributed by atoms with Gasteiger partial charge in [-0.05, 0) is 63.2 Å². The number of hydrogen-bond donors (Lipinski definition) is 0. The molecule has 0 N–H and O–H groups in total. The van der Waals surface area contributed by atoms with Crippen LogP contribution in [-0.2, 0) is 9.53 Å². The van der Waals surface area contributed by atoms with Gasteiger partial charge in [0, 0.05) is 0 Å². The molecule has 2 aliphatic carbocycles. The van der Waals surface area contributed by atoms with E-state index in [0.29, 0.717) is 6.61 Å². The van der Waals surface area contributed by atoms with Crippen LogP contribution in [0.1, 0.15) is 84.5 Å². The van der Waals surface area contributed by atoms with Crippen molar-refractivity contribution in [3.8, 4) is 0 Å². The van der Waals surface area contributed by atoms with Crippen LogP contribution >= 0.6 is 0 Å². The van der Waals surface area contributed by atoms with Crippen LogP contribution in [0.4, 0.5) is 0 Å². The van der Waals surface area contributed by atoms with Crippen molar-refractivity contribution < 1.29 is 9.53 Å². The minimum atomic E-state index is 0.0548. The number of hydrogen-bond acceptors (Lipinski definition) is 2. The molecular weight excluding hydrogens is 260 g/mol. The fraction of sp³-hybridized carbons (Fsp3) is 0.947. The fourth-order valence-corrected chi connectivity index (χ4v) is 4.53. The Bertz CT molecular complexity index is 297. The average molecular weight is 294 g/mol. The summed E-state index contributed by atoms with van der Waals surface area (Å²) in [6.07, 6.45) is 14.7. The smallest absolute Gasteiger partial charge is 0.308 e. The van der Waals surface area contributed by atoms with Gasteiger partial charge in [0.05, 0.1) is 12.5 Å².